The second kappa shape index (κ2) is 5.76. The second-order valence-electron chi connectivity index (χ2n) is 4.23. The first-order valence-electron chi connectivity index (χ1n) is 6.05. The van der Waals surface area contributed by atoms with E-state index in [0.717, 1.165) is 0 Å². The van der Waals surface area contributed by atoms with Gasteiger partial charge in [-0.2, -0.15) is 0 Å². The molecule has 104 valence electrons. The van der Waals surface area contributed by atoms with Crippen LogP contribution in [0.25, 0.3) is 22.6 Å². The molecule has 0 bridgehead atoms. The molecule has 0 fully saturated rings. The van der Waals surface area contributed by atoms with Gasteiger partial charge in [0.05, 0.1) is 5.56 Å². The average molecular weight is 320 g/mol. The van der Waals surface area contributed by atoms with Crippen molar-refractivity contribution < 1.29 is 4.39 Å². The Labute approximate surface area is 130 Å². The molecule has 3 rings (SSSR count). The third kappa shape index (κ3) is 2.86. The smallest absolute Gasteiger partial charge is 0.181 e. The zero-order chi connectivity index (χ0) is 14.8. The number of aromatic nitrogens is 3. The lowest BCUT2D eigenvalue weighted by atomic mass is 10.1. The Morgan fingerprint density at radius 2 is 1.67 bits per heavy atom. The van der Waals surface area contributed by atoms with E-state index >= 15 is 0 Å². The van der Waals surface area contributed by atoms with Gasteiger partial charge in [-0.1, -0.05) is 41.4 Å². The van der Waals surface area contributed by atoms with Gasteiger partial charge in [0.2, 0.25) is 0 Å². The lowest BCUT2D eigenvalue weighted by Gasteiger charge is -2.08. The highest BCUT2D eigenvalue weighted by molar-refractivity contribution is 6.37. The van der Waals surface area contributed by atoms with Gasteiger partial charge in [-0.25, -0.2) is 14.4 Å². The summed E-state index contributed by atoms with van der Waals surface area (Å²) in [5, 5.41) is 0.308. The first-order valence-corrected chi connectivity index (χ1v) is 6.81. The van der Waals surface area contributed by atoms with Gasteiger partial charge in [-0.3, -0.25) is 4.98 Å². The van der Waals surface area contributed by atoms with Crippen molar-refractivity contribution in [1.29, 1.82) is 0 Å². The predicted molar refractivity (Wildman–Crippen MR) is 80.7 cm³/mol. The Balaban J connectivity index is 2.13. The van der Waals surface area contributed by atoms with Gasteiger partial charge in [-0.05, 0) is 29.8 Å². The Morgan fingerprint density at radius 3 is 2.29 bits per heavy atom. The van der Waals surface area contributed by atoms with Crippen LogP contribution in [0.3, 0.4) is 0 Å². The molecule has 1 aromatic carbocycles. The van der Waals surface area contributed by atoms with E-state index < -0.39 is 0 Å². The van der Waals surface area contributed by atoms with Crippen LogP contribution in [-0.4, -0.2) is 15.0 Å². The van der Waals surface area contributed by atoms with Gasteiger partial charge in [0.15, 0.2) is 5.82 Å². The molecule has 0 radical (unpaired) electrons. The molecule has 3 nitrogen and oxygen atoms in total. The molecule has 3 aromatic rings. The van der Waals surface area contributed by atoms with Gasteiger partial charge in [0.1, 0.15) is 21.8 Å². The van der Waals surface area contributed by atoms with E-state index in [2.05, 4.69) is 15.0 Å². The first-order chi connectivity index (χ1) is 10.1. The van der Waals surface area contributed by atoms with Crippen LogP contribution in [0, 0.1) is 5.82 Å². The fourth-order valence-corrected chi connectivity index (χ4v) is 2.51. The Bertz CT molecular complexity index is 771. The minimum absolute atomic E-state index is 0.154. The SMILES string of the molecule is Fc1cccc(-c2c(Cl)nc(-c3ccccn3)nc2Cl)c1. The minimum Gasteiger partial charge on any atom is -0.253 e. The summed E-state index contributed by atoms with van der Waals surface area (Å²) in [5.74, 6) is -0.0563. The van der Waals surface area contributed by atoms with Crippen LogP contribution in [0.5, 0.6) is 0 Å². The summed E-state index contributed by atoms with van der Waals surface area (Å²) >= 11 is 12.4. The monoisotopic (exact) mass is 319 g/mol. The number of pyridine rings is 1. The molecule has 2 aromatic heterocycles. The van der Waals surface area contributed by atoms with E-state index in [4.69, 9.17) is 23.2 Å². The van der Waals surface area contributed by atoms with Gasteiger partial charge in [-0.15, -0.1) is 0 Å². The molecule has 0 aliphatic carbocycles. The third-order valence-corrected chi connectivity index (χ3v) is 3.37. The van der Waals surface area contributed by atoms with Crippen LogP contribution in [-0.2, 0) is 0 Å². The van der Waals surface area contributed by atoms with Crippen LogP contribution in [0.15, 0.2) is 48.7 Å². The summed E-state index contributed by atoms with van der Waals surface area (Å²) in [6, 6.07) is 11.3. The molecule has 2 heterocycles. The van der Waals surface area contributed by atoms with Gasteiger partial charge in [0.25, 0.3) is 0 Å². The molecule has 0 atom stereocenters. The van der Waals surface area contributed by atoms with Crippen molar-refractivity contribution in [2.45, 2.75) is 0 Å². The van der Waals surface area contributed by atoms with Crippen LogP contribution in [0.2, 0.25) is 10.3 Å². The maximum atomic E-state index is 13.3. The van der Waals surface area contributed by atoms with Gasteiger partial charge in [0, 0.05) is 6.20 Å². The van der Waals surface area contributed by atoms with E-state index in [1.807, 2.05) is 6.07 Å². The van der Waals surface area contributed by atoms with E-state index in [1.54, 1.807) is 30.5 Å². The molecule has 0 aliphatic heterocycles. The molecule has 0 spiro atoms. The van der Waals surface area contributed by atoms with Crippen molar-refractivity contribution in [3.63, 3.8) is 0 Å². The first kappa shape index (κ1) is 13.9. The highest BCUT2D eigenvalue weighted by Gasteiger charge is 2.15. The minimum atomic E-state index is -0.381. The number of halogens is 3. The molecule has 0 N–H and O–H groups in total. The summed E-state index contributed by atoms with van der Waals surface area (Å²) in [5.41, 5.74) is 1.49. The van der Waals surface area contributed by atoms with Crippen LogP contribution in [0.4, 0.5) is 4.39 Å². The summed E-state index contributed by atoms with van der Waals surface area (Å²) in [4.78, 5) is 12.5. The predicted octanol–water partition coefficient (Wildman–Crippen LogP) is 4.65. The molecular weight excluding hydrogens is 312 g/mol. The summed E-state index contributed by atoms with van der Waals surface area (Å²) in [6.45, 7) is 0. The highest BCUT2D eigenvalue weighted by atomic mass is 35.5. The van der Waals surface area contributed by atoms with Crippen molar-refractivity contribution in [3.8, 4) is 22.6 Å². The lowest BCUT2D eigenvalue weighted by Crippen LogP contribution is -1.96. The fourth-order valence-electron chi connectivity index (χ4n) is 1.90. The van der Waals surface area contributed by atoms with E-state index in [9.17, 15) is 4.39 Å². The third-order valence-electron chi connectivity index (χ3n) is 2.83. The maximum Gasteiger partial charge on any atom is 0.181 e. The average Bonchev–Trinajstić information content (AvgIpc) is 2.47. The topological polar surface area (TPSA) is 38.7 Å². The second-order valence-corrected chi connectivity index (χ2v) is 4.95. The zero-order valence-corrected chi connectivity index (χ0v) is 12.1. The Morgan fingerprint density at radius 1 is 0.905 bits per heavy atom. The molecule has 6 heteroatoms. The lowest BCUT2D eigenvalue weighted by molar-refractivity contribution is 0.628. The number of benzene rings is 1. The van der Waals surface area contributed by atoms with Crippen molar-refractivity contribution in [2.75, 3.05) is 0 Å². The summed E-state index contributed by atoms with van der Waals surface area (Å²) in [6.07, 6.45) is 1.63. The number of hydrogen-bond acceptors (Lipinski definition) is 3. The van der Waals surface area contributed by atoms with E-state index in [1.165, 1.54) is 12.1 Å². The van der Waals surface area contributed by atoms with Crippen molar-refractivity contribution in [1.82, 2.24) is 15.0 Å². The quantitative estimate of drug-likeness (QED) is 0.645. The number of nitrogens with zero attached hydrogens (tertiary/aromatic N) is 3. The largest absolute Gasteiger partial charge is 0.253 e. The Kier molecular flexibility index (Phi) is 3.82. The standard InChI is InChI=1S/C15H8Cl2FN3/c16-13-12(9-4-3-5-10(18)8-9)14(17)21-15(20-13)11-6-1-2-7-19-11/h1-8H. The highest BCUT2D eigenvalue weighted by Crippen LogP contribution is 2.34. The van der Waals surface area contributed by atoms with E-state index in [0.29, 0.717) is 22.6 Å². The van der Waals surface area contributed by atoms with Crippen LogP contribution >= 0.6 is 23.2 Å². The van der Waals surface area contributed by atoms with Crippen molar-refractivity contribution >= 4 is 23.2 Å². The van der Waals surface area contributed by atoms with Crippen molar-refractivity contribution in [2.24, 2.45) is 0 Å². The van der Waals surface area contributed by atoms with Crippen LogP contribution < -0.4 is 0 Å². The number of rotatable bonds is 2. The van der Waals surface area contributed by atoms with Crippen molar-refractivity contribution in [3.05, 3.63) is 64.8 Å². The molecule has 0 aliphatic rings. The molecular formula is C15H8Cl2FN3. The summed E-state index contributed by atoms with van der Waals surface area (Å²) < 4.78 is 13.3. The Hall–Kier alpha value is -2.04. The number of hydrogen-bond donors (Lipinski definition) is 0. The molecule has 21 heavy (non-hydrogen) atoms. The normalized spacial score (nSPS) is 10.6. The summed E-state index contributed by atoms with van der Waals surface area (Å²) in [7, 11) is 0. The maximum absolute atomic E-state index is 13.3. The zero-order valence-electron chi connectivity index (χ0n) is 10.6. The molecule has 0 unspecified atom stereocenters. The molecule has 0 saturated carbocycles. The van der Waals surface area contributed by atoms with Crippen LogP contribution in [0.1, 0.15) is 0 Å². The molecule has 0 amide bonds. The van der Waals surface area contributed by atoms with Gasteiger partial charge < -0.3 is 0 Å². The van der Waals surface area contributed by atoms with E-state index in [-0.39, 0.29) is 16.1 Å². The molecule has 0 saturated heterocycles. The van der Waals surface area contributed by atoms with Gasteiger partial charge >= 0.3 is 0 Å². The fraction of sp³-hybridized carbons (Fsp3) is 0.